The third kappa shape index (κ3) is 3.20. The summed E-state index contributed by atoms with van der Waals surface area (Å²) in [4.78, 5) is 53.4. The highest BCUT2D eigenvalue weighted by atomic mass is 16.3. The normalized spacial score (nSPS) is 18.3. The smallest absolute Gasteiger partial charge is 0.272 e. The number of amides is 4. The Balaban J connectivity index is 1.35. The summed E-state index contributed by atoms with van der Waals surface area (Å²) in [5.74, 6) is -1.37. The van der Waals surface area contributed by atoms with Gasteiger partial charge in [-0.1, -0.05) is 6.07 Å². The highest BCUT2D eigenvalue weighted by Crippen LogP contribution is 2.30. The van der Waals surface area contributed by atoms with Crippen molar-refractivity contribution in [3.63, 3.8) is 0 Å². The van der Waals surface area contributed by atoms with Crippen LogP contribution in [0.3, 0.4) is 0 Å². The number of phenolic OH excluding ortho intramolecular Hbond substituents is 1. The van der Waals surface area contributed by atoms with Gasteiger partial charge in [0, 0.05) is 35.1 Å². The number of imide groups is 1. The maximum atomic E-state index is 12.8. The number of phenols is 1. The number of rotatable bonds is 3. The summed E-state index contributed by atoms with van der Waals surface area (Å²) in [5, 5.41) is 15.5. The number of hydrogen-bond donors (Lipinski definition) is 4. The maximum Gasteiger partial charge on any atom is 0.272 e. The third-order valence-corrected chi connectivity index (χ3v) is 5.67. The molecule has 4 amide bonds. The number of fused-ring (bicyclic) bond motifs is 2. The number of aromatic hydroxyl groups is 1. The predicted molar refractivity (Wildman–Crippen MR) is 110 cm³/mol. The number of benzene rings is 2. The summed E-state index contributed by atoms with van der Waals surface area (Å²) in [7, 11) is 0. The van der Waals surface area contributed by atoms with Gasteiger partial charge in [0.15, 0.2) is 0 Å². The van der Waals surface area contributed by atoms with Gasteiger partial charge in [0.25, 0.3) is 11.8 Å². The number of anilines is 1. The van der Waals surface area contributed by atoms with E-state index in [9.17, 15) is 24.3 Å². The lowest BCUT2D eigenvalue weighted by atomic mass is 10.0. The van der Waals surface area contributed by atoms with Gasteiger partial charge in [0.2, 0.25) is 11.8 Å². The first-order valence-corrected chi connectivity index (χ1v) is 9.80. The van der Waals surface area contributed by atoms with Crippen LogP contribution in [-0.2, 0) is 16.1 Å². The molecular formula is C22H18N4O5. The van der Waals surface area contributed by atoms with Crippen LogP contribution in [0.5, 0.6) is 5.75 Å². The van der Waals surface area contributed by atoms with Gasteiger partial charge in [0.1, 0.15) is 17.5 Å². The molecule has 0 aliphatic carbocycles. The molecule has 0 spiro atoms. The molecule has 1 saturated heterocycles. The van der Waals surface area contributed by atoms with Gasteiger partial charge in [-0.25, -0.2) is 0 Å². The van der Waals surface area contributed by atoms with E-state index in [1.165, 1.54) is 4.90 Å². The van der Waals surface area contributed by atoms with E-state index >= 15 is 0 Å². The highest BCUT2D eigenvalue weighted by Gasteiger charge is 2.39. The van der Waals surface area contributed by atoms with Gasteiger partial charge in [-0.2, -0.15) is 0 Å². The standard InChI is InChI=1S/C22H18N4O5/c27-18-3-1-2-15-14(18)9-16(24-15)20(29)23-12-4-5-13-11(8-12)10-26(22(13)31)17-6-7-19(28)25-21(17)30/h1-5,8-9,17,24,27H,6-7,10H2,(H,23,29)(H,25,28,30). The molecule has 9 nitrogen and oxygen atoms in total. The maximum absolute atomic E-state index is 12.8. The molecule has 2 aliphatic rings. The lowest BCUT2D eigenvalue weighted by Crippen LogP contribution is -2.52. The molecule has 0 radical (unpaired) electrons. The number of nitrogens with zero attached hydrogens (tertiary/aromatic N) is 1. The molecule has 2 aliphatic heterocycles. The van der Waals surface area contributed by atoms with Crippen LogP contribution in [0.15, 0.2) is 42.5 Å². The van der Waals surface area contributed by atoms with Crippen molar-refractivity contribution in [1.29, 1.82) is 0 Å². The summed E-state index contributed by atoms with van der Waals surface area (Å²) in [6.07, 6.45) is 0.485. The van der Waals surface area contributed by atoms with Crippen LogP contribution in [0, 0.1) is 0 Å². The monoisotopic (exact) mass is 418 g/mol. The van der Waals surface area contributed by atoms with Crippen molar-refractivity contribution in [2.75, 3.05) is 5.32 Å². The van der Waals surface area contributed by atoms with Crippen molar-refractivity contribution in [2.45, 2.75) is 25.4 Å². The molecule has 1 unspecified atom stereocenters. The minimum absolute atomic E-state index is 0.0809. The first-order valence-electron chi connectivity index (χ1n) is 9.80. The molecule has 1 atom stereocenters. The van der Waals surface area contributed by atoms with Gasteiger partial charge in [-0.05, 0) is 48.4 Å². The fourth-order valence-corrected chi connectivity index (χ4v) is 4.11. The summed E-state index contributed by atoms with van der Waals surface area (Å²) in [6, 6.07) is 10.8. The number of carbonyl (C=O) groups excluding carboxylic acids is 4. The molecular weight excluding hydrogens is 400 g/mol. The molecule has 4 N–H and O–H groups in total. The molecule has 0 saturated carbocycles. The Morgan fingerprint density at radius 1 is 1.13 bits per heavy atom. The fraction of sp³-hybridized carbons (Fsp3) is 0.182. The largest absolute Gasteiger partial charge is 0.507 e. The second kappa shape index (κ2) is 6.98. The Kier molecular flexibility index (Phi) is 4.25. The van der Waals surface area contributed by atoms with Crippen molar-refractivity contribution in [1.82, 2.24) is 15.2 Å². The summed E-state index contributed by atoms with van der Waals surface area (Å²) < 4.78 is 0. The molecule has 156 valence electrons. The minimum Gasteiger partial charge on any atom is -0.507 e. The van der Waals surface area contributed by atoms with E-state index in [4.69, 9.17) is 0 Å². The zero-order valence-corrected chi connectivity index (χ0v) is 16.3. The molecule has 3 aromatic rings. The number of aromatic amines is 1. The molecule has 2 aromatic carbocycles. The van der Waals surface area contributed by atoms with Gasteiger partial charge in [-0.3, -0.25) is 24.5 Å². The van der Waals surface area contributed by atoms with Gasteiger partial charge < -0.3 is 20.3 Å². The van der Waals surface area contributed by atoms with Gasteiger partial charge >= 0.3 is 0 Å². The molecule has 1 fully saturated rings. The number of carbonyl (C=O) groups is 4. The van der Waals surface area contributed by atoms with Crippen LogP contribution >= 0.6 is 0 Å². The van der Waals surface area contributed by atoms with Crippen LogP contribution in [0.2, 0.25) is 0 Å². The average Bonchev–Trinajstić information content (AvgIpc) is 3.31. The van der Waals surface area contributed by atoms with Crippen LogP contribution in [0.25, 0.3) is 10.9 Å². The van der Waals surface area contributed by atoms with E-state index in [2.05, 4.69) is 15.6 Å². The van der Waals surface area contributed by atoms with Crippen molar-refractivity contribution in [2.24, 2.45) is 0 Å². The second-order valence-electron chi connectivity index (χ2n) is 7.65. The molecule has 5 rings (SSSR count). The second-order valence-corrected chi connectivity index (χ2v) is 7.65. The Morgan fingerprint density at radius 3 is 2.74 bits per heavy atom. The number of nitrogens with one attached hydrogen (secondary N) is 3. The fourth-order valence-electron chi connectivity index (χ4n) is 4.11. The predicted octanol–water partition coefficient (Wildman–Crippen LogP) is 1.89. The lowest BCUT2D eigenvalue weighted by molar-refractivity contribution is -0.136. The Hall–Kier alpha value is -4.14. The Labute approximate surface area is 176 Å². The lowest BCUT2D eigenvalue weighted by Gasteiger charge is -2.29. The molecule has 1 aromatic heterocycles. The summed E-state index contributed by atoms with van der Waals surface area (Å²) in [5.41, 5.74) is 2.60. The van der Waals surface area contributed by atoms with Gasteiger partial charge in [0.05, 0.1) is 0 Å². The van der Waals surface area contributed by atoms with Crippen LogP contribution in [0.4, 0.5) is 5.69 Å². The van der Waals surface area contributed by atoms with E-state index in [0.717, 1.165) is 0 Å². The zero-order chi connectivity index (χ0) is 21.7. The molecule has 9 heteroatoms. The van der Waals surface area contributed by atoms with Crippen LogP contribution < -0.4 is 10.6 Å². The quantitative estimate of drug-likeness (QED) is 0.483. The summed E-state index contributed by atoms with van der Waals surface area (Å²) in [6.45, 7) is 0.227. The minimum atomic E-state index is -0.685. The Bertz CT molecular complexity index is 1280. The molecule has 0 bridgehead atoms. The first-order chi connectivity index (χ1) is 14.9. The third-order valence-electron chi connectivity index (χ3n) is 5.67. The Morgan fingerprint density at radius 2 is 1.97 bits per heavy atom. The zero-order valence-electron chi connectivity index (χ0n) is 16.3. The van der Waals surface area contributed by atoms with E-state index in [1.54, 1.807) is 42.5 Å². The number of H-pyrrole nitrogens is 1. The average molecular weight is 418 g/mol. The molecule has 31 heavy (non-hydrogen) atoms. The van der Waals surface area contributed by atoms with Crippen molar-refractivity contribution < 1.29 is 24.3 Å². The van der Waals surface area contributed by atoms with E-state index in [0.29, 0.717) is 39.8 Å². The van der Waals surface area contributed by atoms with Crippen LogP contribution in [0.1, 0.15) is 39.3 Å². The number of piperidine rings is 1. The van der Waals surface area contributed by atoms with Crippen molar-refractivity contribution in [3.05, 3.63) is 59.3 Å². The number of hydrogen-bond acceptors (Lipinski definition) is 5. The van der Waals surface area contributed by atoms with E-state index < -0.39 is 11.9 Å². The number of aromatic nitrogens is 1. The van der Waals surface area contributed by atoms with E-state index in [1.807, 2.05) is 0 Å². The first kappa shape index (κ1) is 18.9. The van der Waals surface area contributed by atoms with Crippen molar-refractivity contribution in [3.8, 4) is 5.75 Å². The SMILES string of the molecule is O=C1CCC(N2Cc3cc(NC(=O)c4cc5c(O)cccc5[nH]4)ccc3C2=O)C(=O)N1. The molecule has 3 heterocycles. The van der Waals surface area contributed by atoms with E-state index in [-0.39, 0.29) is 36.4 Å². The van der Waals surface area contributed by atoms with Crippen LogP contribution in [-0.4, -0.2) is 44.7 Å². The van der Waals surface area contributed by atoms with Gasteiger partial charge in [-0.15, -0.1) is 0 Å². The topological polar surface area (TPSA) is 132 Å². The summed E-state index contributed by atoms with van der Waals surface area (Å²) >= 11 is 0. The van der Waals surface area contributed by atoms with Crippen molar-refractivity contribution >= 4 is 40.2 Å². The highest BCUT2D eigenvalue weighted by molar-refractivity contribution is 6.08.